The second kappa shape index (κ2) is 8.12. The molecule has 122 valence electrons. The molecule has 1 heterocycles. The molecule has 0 saturated carbocycles. The number of thioether (sulfide) groups is 1. The molecule has 23 heavy (non-hydrogen) atoms. The summed E-state index contributed by atoms with van der Waals surface area (Å²) in [5, 5.41) is 9.46. The van der Waals surface area contributed by atoms with Gasteiger partial charge in [-0.25, -0.2) is 0 Å². The first-order chi connectivity index (χ1) is 11.0. The van der Waals surface area contributed by atoms with Gasteiger partial charge in [0.15, 0.2) is 0 Å². The molecular weight excluding hydrogens is 334 g/mol. The van der Waals surface area contributed by atoms with E-state index in [-0.39, 0.29) is 30.6 Å². The molecule has 0 bridgehead atoms. The van der Waals surface area contributed by atoms with Crippen LogP contribution in [0.25, 0.3) is 6.08 Å². The fraction of sp³-hybridized carbons (Fsp3) is 0.312. The molecule has 0 atom stereocenters. The molecule has 1 N–H and O–H groups in total. The molecule has 2 rings (SSSR count). The maximum atomic E-state index is 12.4. The van der Waals surface area contributed by atoms with Crippen molar-refractivity contribution in [3.05, 3.63) is 34.7 Å². The van der Waals surface area contributed by atoms with E-state index in [0.717, 1.165) is 6.42 Å². The molecule has 1 aromatic rings. The number of carbonyl (C=O) groups is 2. The number of benzene rings is 1. The Morgan fingerprint density at radius 3 is 2.96 bits per heavy atom. The monoisotopic (exact) mass is 351 g/mol. The van der Waals surface area contributed by atoms with Gasteiger partial charge in [-0.1, -0.05) is 43.0 Å². The van der Waals surface area contributed by atoms with Gasteiger partial charge in [-0.15, -0.1) is 0 Å². The summed E-state index contributed by atoms with van der Waals surface area (Å²) in [6.07, 6.45) is 2.56. The minimum Gasteiger partial charge on any atom is -0.508 e. The number of amides is 1. The summed E-state index contributed by atoms with van der Waals surface area (Å²) in [4.78, 5) is 25.8. The maximum absolute atomic E-state index is 12.4. The van der Waals surface area contributed by atoms with Crippen LogP contribution in [0.2, 0.25) is 0 Å². The Kier molecular flexibility index (Phi) is 6.18. The SMILES string of the molecule is CCCOC(=O)CCN1C(=O)/C(=C/c2cccc(O)c2)SC1=S. The first-order valence-corrected chi connectivity index (χ1v) is 8.43. The van der Waals surface area contributed by atoms with Crippen LogP contribution in [0.4, 0.5) is 0 Å². The summed E-state index contributed by atoms with van der Waals surface area (Å²) in [6.45, 7) is 2.51. The third-order valence-corrected chi connectivity index (χ3v) is 4.43. The molecule has 5 nitrogen and oxygen atoms in total. The lowest BCUT2D eigenvalue weighted by Crippen LogP contribution is -2.30. The Hall–Kier alpha value is -1.86. The van der Waals surface area contributed by atoms with E-state index in [9.17, 15) is 14.7 Å². The number of carbonyl (C=O) groups excluding carboxylic acids is 2. The van der Waals surface area contributed by atoms with Crippen molar-refractivity contribution in [2.75, 3.05) is 13.2 Å². The number of rotatable bonds is 6. The molecule has 1 aromatic carbocycles. The van der Waals surface area contributed by atoms with Crippen LogP contribution in [-0.2, 0) is 14.3 Å². The van der Waals surface area contributed by atoms with Crippen molar-refractivity contribution in [2.24, 2.45) is 0 Å². The topological polar surface area (TPSA) is 66.8 Å². The Balaban J connectivity index is 2.01. The third kappa shape index (κ3) is 4.80. The molecule has 0 aromatic heterocycles. The molecular formula is C16H17NO4S2. The fourth-order valence-electron chi connectivity index (χ4n) is 1.95. The van der Waals surface area contributed by atoms with Crippen molar-refractivity contribution in [1.29, 1.82) is 0 Å². The van der Waals surface area contributed by atoms with Gasteiger partial charge in [0.1, 0.15) is 10.1 Å². The van der Waals surface area contributed by atoms with E-state index in [0.29, 0.717) is 21.4 Å². The van der Waals surface area contributed by atoms with Crippen molar-refractivity contribution in [3.63, 3.8) is 0 Å². The zero-order valence-corrected chi connectivity index (χ0v) is 14.3. The van der Waals surface area contributed by atoms with E-state index in [1.165, 1.54) is 16.7 Å². The van der Waals surface area contributed by atoms with Crippen LogP contribution in [0.15, 0.2) is 29.2 Å². The molecule has 1 saturated heterocycles. The van der Waals surface area contributed by atoms with Crippen molar-refractivity contribution in [3.8, 4) is 5.75 Å². The van der Waals surface area contributed by atoms with Crippen LogP contribution in [0, 0.1) is 0 Å². The lowest BCUT2D eigenvalue weighted by atomic mass is 10.2. The smallest absolute Gasteiger partial charge is 0.307 e. The highest BCUT2D eigenvalue weighted by atomic mass is 32.2. The Morgan fingerprint density at radius 2 is 2.26 bits per heavy atom. The van der Waals surface area contributed by atoms with E-state index < -0.39 is 0 Å². The van der Waals surface area contributed by atoms with Crippen molar-refractivity contribution < 1.29 is 19.4 Å². The second-order valence-electron chi connectivity index (χ2n) is 4.90. The van der Waals surface area contributed by atoms with Gasteiger partial charge >= 0.3 is 5.97 Å². The molecule has 0 aliphatic carbocycles. The number of thiocarbonyl (C=S) groups is 1. The fourth-order valence-corrected chi connectivity index (χ4v) is 3.26. The number of nitrogens with zero attached hydrogens (tertiary/aromatic N) is 1. The van der Waals surface area contributed by atoms with Crippen LogP contribution in [0.5, 0.6) is 5.75 Å². The molecule has 0 radical (unpaired) electrons. The molecule has 0 unspecified atom stereocenters. The number of hydrogen-bond acceptors (Lipinski definition) is 6. The van der Waals surface area contributed by atoms with Gasteiger partial charge in [0.25, 0.3) is 5.91 Å². The summed E-state index contributed by atoms with van der Waals surface area (Å²) < 4.78 is 5.41. The summed E-state index contributed by atoms with van der Waals surface area (Å²) in [7, 11) is 0. The molecule has 1 amide bonds. The Labute approximate surface area is 144 Å². The summed E-state index contributed by atoms with van der Waals surface area (Å²) in [5.74, 6) is -0.433. The number of hydrogen-bond donors (Lipinski definition) is 1. The predicted octanol–water partition coefficient (Wildman–Crippen LogP) is 2.94. The molecule has 1 aliphatic rings. The molecule has 1 aliphatic heterocycles. The van der Waals surface area contributed by atoms with Crippen LogP contribution >= 0.6 is 24.0 Å². The largest absolute Gasteiger partial charge is 0.508 e. The highest BCUT2D eigenvalue weighted by Gasteiger charge is 2.32. The van der Waals surface area contributed by atoms with E-state index in [1.807, 2.05) is 6.92 Å². The van der Waals surface area contributed by atoms with Crippen molar-refractivity contribution in [2.45, 2.75) is 19.8 Å². The second-order valence-corrected chi connectivity index (χ2v) is 6.57. The van der Waals surface area contributed by atoms with E-state index in [2.05, 4.69) is 0 Å². The highest BCUT2D eigenvalue weighted by molar-refractivity contribution is 8.26. The summed E-state index contributed by atoms with van der Waals surface area (Å²) >= 11 is 6.39. The summed E-state index contributed by atoms with van der Waals surface area (Å²) in [6, 6.07) is 6.61. The van der Waals surface area contributed by atoms with Gasteiger partial charge in [-0.3, -0.25) is 14.5 Å². The number of esters is 1. The molecule has 7 heteroatoms. The van der Waals surface area contributed by atoms with Gasteiger partial charge in [-0.05, 0) is 30.2 Å². The van der Waals surface area contributed by atoms with Crippen LogP contribution in [-0.4, -0.2) is 39.4 Å². The van der Waals surface area contributed by atoms with E-state index in [1.54, 1.807) is 30.3 Å². The van der Waals surface area contributed by atoms with Gasteiger partial charge in [0.2, 0.25) is 0 Å². The predicted molar refractivity (Wildman–Crippen MR) is 93.9 cm³/mol. The van der Waals surface area contributed by atoms with Crippen LogP contribution < -0.4 is 0 Å². The summed E-state index contributed by atoms with van der Waals surface area (Å²) in [5.41, 5.74) is 0.716. The molecule has 1 fully saturated rings. The number of aromatic hydroxyl groups is 1. The average Bonchev–Trinajstić information content (AvgIpc) is 2.77. The van der Waals surface area contributed by atoms with E-state index >= 15 is 0 Å². The van der Waals surface area contributed by atoms with Gasteiger partial charge < -0.3 is 9.84 Å². The van der Waals surface area contributed by atoms with Crippen LogP contribution in [0.3, 0.4) is 0 Å². The van der Waals surface area contributed by atoms with E-state index in [4.69, 9.17) is 17.0 Å². The lowest BCUT2D eigenvalue weighted by Gasteiger charge is -2.13. The Bertz CT molecular complexity index is 657. The Morgan fingerprint density at radius 1 is 1.48 bits per heavy atom. The third-order valence-electron chi connectivity index (χ3n) is 3.05. The molecule has 0 spiro atoms. The zero-order valence-electron chi connectivity index (χ0n) is 12.7. The van der Waals surface area contributed by atoms with Crippen molar-refractivity contribution >= 4 is 46.3 Å². The maximum Gasteiger partial charge on any atom is 0.307 e. The zero-order chi connectivity index (χ0) is 16.8. The first kappa shape index (κ1) is 17.5. The number of ether oxygens (including phenoxy) is 1. The lowest BCUT2D eigenvalue weighted by molar-refractivity contribution is -0.143. The van der Waals surface area contributed by atoms with Gasteiger partial charge in [-0.2, -0.15) is 0 Å². The normalized spacial score (nSPS) is 16.2. The quantitative estimate of drug-likeness (QED) is 0.483. The first-order valence-electron chi connectivity index (χ1n) is 7.21. The standard InChI is InChI=1S/C16H17NO4S2/c1-2-8-21-14(19)6-7-17-15(20)13(23-16(17)22)10-11-4-3-5-12(18)9-11/h3-5,9-10,18H,2,6-8H2,1H3/b13-10-. The minimum absolute atomic E-state index is 0.117. The van der Waals surface area contributed by atoms with Crippen molar-refractivity contribution in [1.82, 2.24) is 4.90 Å². The minimum atomic E-state index is -0.335. The van der Waals surface area contributed by atoms with Gasteiger partial charge in [0.05, 0.1) is 17.9 Å². The number of phenolic OH excluding ortho intramolecular Hbond substituents is 1. The average molecular weight is 351 g/mol. The van der Waals surface area contributed by atoms with Gasteiger partial charge in [0, 0.05) is 6.54 Å². The number of phenols is 1. The highest BCUT2D eigenvalue weighted by Crippen LogP contribution is 2.32. The van der Waals surface area contributed by atoms with Crippen LogP contribution in [0.1, 0.15) is 25.3 Å².